The number of benzene rings is 2. The first kappa shape index (κ1) is 14.1. The SMILES string of the molecule is Cc1ccc(S(=O)(=O)Cc2csc3ccccc23)c(N)c1. The van der Waals surface area contributed by atoms with Crippen LogP contribution in [-0.4, -0.2) is 8.42 Å². The summed E-state index contributed by atoms with van der Waals surface area (Å²) in [5.74, 6) is -0.0235. The molecule has 0 fully saturated rings. The van der Waals surface area contributed by atoms with E-state index in [-0.39, 0.29) is 10.6 Å². The van der Waals surface area contributed by atoms with Crippen LogP contribution >= 0.6 is 11.3 Å². The first-order chi connectivity index (χ1) is 9.97. The molecule has 0 spiro atoms. The molecule has 1 aromatic heterocycles. The van der Waals surface area contributed by atoms with Gasteiger partial charge in [-0.05, 0) is 47.0 Å². The molecule has 0 aliphatic heterocycles. The van der Waals surface area contributed by atoms with Gasteiger partial charge >= 0.3 is 0 Å². The quantitative estimate of drug-likeness (QED) is 0.748. The monoisotopic (exact) mass is 317 g/mol. The van der Waals surface area contributed by atoms with Gasteiger partial charge in [-0.15, -0.1) is 11.3 Å². The lowest BCUT2D eigenvalue weighted by Gasteiger charge is -2.08. The number of fused-ring (bicyclic) bond motifs is 1. The van der Waals surface area contributed by atoms with Gasteiger partial charge in [-0.25, -0.2) is 8.42 Å². The van der Waals surface area contributed by atoms with Crippen LogP contribution in [0.15, 0.2) is 52.7 Å². The van der Waals surface area contributed by atoms with Gasteiger partial charge in [0.2, 0.25) is 0 Å². The first-order valence-electron chi connectivity index (χ1n) is 6.51. The molecule has 0 aliphatic carbocycles. The predicted molar refractivity (Wildman–Crippen MR) is 88.3 cm³/mol. The van der Waals surface area contributed by atoms with Crippen LogP contribution in [0.5, 0.6) is 0 Å². The third kappa shape index (κ3) is 2.66. The molecule has 0 saturated heterocycles. The van der Waals surface area contributed by atoms with Crippen molar-refractivity contribution in [2.75, 3.05) is 5.73 Å². The molecule has 2 N–H and O–H groups in total. The van der Waals surface area contributed by atoms with Crippen molar-refractivity contribution in [3.8, 4) is 0 Å². The van der Waals surface area contributed by atoms with Crippen molar-refractivity contribution in [2.24, 2.45) is 0 Å². The summed E-state index contributed by atoms with van der Waals surface area (Å²) in [5.41, 5.74) is 7.97. The zero-order valence-corrected chi connectivity index (χ0v) is 13.2. The molecular weight excluding hydrogens is 302 g/mol. The molecule has 108 valence electrons. The summed E-state index contributed by atoms with van der Waals surface area (Å²) in [5, 5.41) is 2.91. The third-order valence-corrected chi connectivity index (χ3v) is 6.15. The Morgan fingerprint density at radius 2 is 1.90 bits per heavy atom. The van der Waals surface area contributed by atoms with Gasteiger partial charge in [-0.2, -0.15) is 0 Å². The van der Waals surface area contributed by atoms with E-state index >= 15 is 0 Å². The number of rotatable bonds is 3. The lowest BCUT2D eigenvalue weighted by atomic mass is 10.2. The lowest BCUT2D eigenvalue weighted by molar-refractivity contribution is 0.596. The second-order valence-electron chi connectivity index (χ2n) is 5.06. The number of hydrogen-bond donors (Lipinski definition) is 1. The van der Waals surface area contributed by atoms with Crippen LogP contribution in [0.3, 0.4) is 0 Å². The first-order valence-corrected chi connectivity index (χ1v) is 9.04. The largest absolute Gasteiger partial charge is 0.398 e. The van der Waals surface area contributed by atoms with E-state index in [2.05, 4.69) is 0 Å². The molecule has 5 heteroatoms. The van der Waals surface area contributed by atoms with Crippen LogP contribution < -0.4 is 5.73 Å². The average Bonchev–Trinajstić information content (AvgIpc) is 2.81. The fourth-order valence-electron chi connectivity index (χ4n) is 2.38. The Kier molecular flexibility index (Phi) is 3.47. The minimum Gasteiger partial charge on any atom is -0.398 e. The predicted octanol–water partition coefficient (Wildman–Crippen LogP) is 3.77. The number of sulfone groups is 1. The zero-order chi connectivity index (χ0) is 15.0. The number of nitrogens with two attached hydrogens (primary N) is 1. The maximum atomic E-state index is 12.6. The van der Waals surface area contributed by atoms with E-state index in [9.17, 15) is 8.42 Å². The van der Waals surface area contributed by atoms with Crippen LogP contribution in [0, 0.1) is 6.92 Å². The second-order valence-corrected chi connectivity index (χ2v) is 7.93. The molecule has 0 unspecified atom stereocenters. The van der Waals surface area contributed by atoms with E-state index in [0.29, 0.717) is 5.69 Å². The standard InChI is InChI=1S/C16H15NO2S2/c1-11-6-7-16(14(17)8-11)21(18,19)10-12-9-20-15-5-3-2-4-13(12)15/h2-9H,10,17H2,1H3. The summed E-state index contributed by atoms with van der Waals surface area (Å²) in [4.78, 5) is 0.211. The number of nitrogen functional groups attached to an aromatic ring is 1. The zero-order valence-electron chi connectivity index (χ0n) is 11.5. The summed E-state index contributed by atoms with van der Waals surface area (Å²) in [6.07, 6.45) is 0. The van der Waals surface area contributed by atoms with Crippen LogP contribution in [-0.2, 0) is 15.6 Å². The Morgan fingerprint density at radius 1 is 1.14 bits per heavy atom. The highest BCUT2D eigenvalue weighted by Crippen LogP contribution is 2.30. The van der Waals surface area contributed by atoms with Gasteiger partial charge in [-0.3, -0.25) is 0 Å². The van der Waals surface area contributed by atoms with Crippen LogP contribution in [0.25, 0.3) is 10.1 Å². The molecule has 3 rings (SSSR count). The fraction of sp³-hybridized carbons (Fsp3) is 0.125. The second kappa shape index (κ2) is 5.16. The number of hydrogen-bond acceptors (Lipinski definition) is 4. The molecule has 21 heavy (non-hydrogen) atoms. The van der Waals surface area contributed by atoms with Crippen molar-refractivity contribution in [2.45, 2.75) is 17.6 Å². The molecule has 1 heterocycles. The summed E-state index contributed by atoms with van der Waals surface area (Å²) in [6.45, 7) is 1.89. The van der Waals surface area contributed by atoms with Gasteiger partial charge in [0.1, 0.15) is 0 Å². The highest BCUT2D eigenvalue weighted by molar-refractivity contribution is 7.90. The smallest absolute Gasteiger partial charge is 0.184 e. The fourth-order valence-corrected chi connectivity index (χ4v) is 4.94. The topological polar surface area (TPSA) is 60.2 Å². The third-order valence-electron chi connectivity index (χ3n) is 3.41. The summed E-state index contributed by atoms with van der Waals surface area (Å²) in [6, 6.07) is 12.9. The molecule has 0 saturated carbocycles. The Bertz CT molecular complexity index is 911. The number of anilines is 1. The maximum Gasteiger partial charge on any atom is 0.184 e. The van der Waals surface area contributed by atoms with E-state index in [1.807, 2.05) is 36.6 Å². The van der Waals surface area contributed by atoms with Gasteiger partial charge < -0.3 is 5.73 Å². The summed E-state index contributed by atoms with van der Waals surface area (Å²) in [7, 11) is -3.44. The van der Waals surface area contributed by atoms with E-state index in [0.717, 1.165) is 21.2 Å². The molecule has 0 aliphatic rings. The molecule has 3 nitrogen and oxygen atoms in total. The summed E-state index contributed by atoms with van der Waals surface area (Å²) >= 11 is 1.56. The van der Waals surface area contributed by atoms with Crippen molar-refractivity contribution < 1.29 is 8.42 Å². The maximum absolute atomic E-state index is 12.6. The van der Waals surface area contributed by atoms with E-state index in [1.54, 1.807) is 29.5 Å². The molecule has 0 atom stereocenters. The van der Waals surface area contributed by atoms with E-state index in [4.69, 9.17) is 5.73 Å². The van der Waals surface area contributed by atoms with Crippen molar-refractivity contribution in [3.63, 3.8) is 0 Å². The van der Waals surface area contributed by atoms with Crippen molar-refractivity contribution in [1.29, 1.82) is 0 Å². The van der Waals surface area contributed by atoms with Gasteiger partial charge in [-0.1, -0.05) is 24.3 Å². The molecule has 3 aromatic rings. The molecule has 0 radical (unpaired) electrons. The van der Waals surface area contributed by atoms with Crippen molar-refractivity contribution >= 4 is 36.9 Å². The Balaban J connectivity index is 2.03. The van der Waals surface area contributed by atoms with Crippen LogP contribution in [0.2, 0.25) is 0 Å². The normalized spacial score (nSPS) is 11.9. The minimum atomic E-state index is -3.44. The molecule has 0 amide bonds. The van der Waals surface area contributed by atoms with Gasteiger partial charge in [0, 0.05) is 4.70 Å². The van der Waals surface area contributed by atoms with Crippen LogP contribution in [0.1, 0.15) is 11.1 Å². The van der Waals surface area contributed by atoms with Crippen LogP contribution in [0.4, 0.5) is 5.69 Å². The Morgan fingerprint density at radius 3 is 2.67 bits per heavy atom. The molecule has 2 aromatic carbocycles. The van der Waals surface area contributed by atoms with Crippen molar-refractivity contribution in [3.05, 3.63) is 59.0 Å². The van der Waals surface area contributed by atoms with Crippen molar-refractivity contribution in [1.82, 2.24) is 0 Å². The van der Waals surface area contributed by atoms with Gasteiger partial charge in [0.05, 0.1) is 16.3 Å². The van der Waals surface area contributed by atoms with E-state index < -0.39 is 9.84 Å². The Hall–Kier alpha value is -1.85. The minimum absolute atomic E-state index is 0.0235. The molecule has 0 bridgehead atoms. The highest BCUT2D eigenvalue weighted by Gasteiger charge is 2.20. The van der Waals surface area contributed by atoms with Gasteiger partial charge in [0.15, 0.2) is 9.84 Å². The average molecular weight is 317 g/mol. The van der Waals surface area contributed by atoms with E-state index in [1.165, 1.54) is 0 Å². The summed E-state index contributed by atoms with van der Waals surface area (Å²) < 4.78 is 26.3. The number of aryl methyl sites for hydroxylation is 1. The van der Waals surface area contributed by atoms with Gasteiger partial charge in [0.25, 0.3) is 0 Å². The highest BCUT2D eigenvalue weighted by atomic mass is 32.2. The lowest BCUT2D eigenvalue weighted by Crippen LogP contribution is -2.07. The molecular formula is C16H15NO2S2. The Labute approximate surface area is 128 Å². The number of thiophene rings is 1.